The summed E-state index contributed by atoms with van der Waals surface area (Å²) in [5.74, 6) is -1.72. The Bertz CT molecular complexity index is 859. The summed E-state index contributed by atoms with van der Waals surface area (Å²) >= 11 is 0. The molecule has 0 saturated carbocycles. The van der Waals surface area contributed by atoms with Gasteiger partial charge >= 0.3 is 6.18 Å². The lowest BCUT2D eigenvalue weighted by atomic mass is 9.97. The highest BCUT2D eigenvalue weighted by Gasteiger charge is 2.42. The Morgan fingerprint density at radius 2 is 2.23 bits per heavy atom. The number of carbonyl (C=O) groups is 1. The Balaban J connectivity index is 1.78. The third kappa shape index (κ3) is 3.65. The van der Waals surface area contributed by atoms with E-state index in [0.717, 1.165) is 0 Å². The normalized spacial score (nSPS) is 18.3. The van der Waals surface area contributed by atoms with Crippen LogP contribution in [0.1, 0.15) is 19.8 Å². The molecule has 1 aliphatic rings. The van der Waals surface area contributed by atoms with Crippen LogP contribution in [0, 0.1) is 5.92 Å². The van der Waals surface area contributed by atoms with Crippen LogP contribution in [0.3, 0.4) is 0 Å². The van der Waals surface area contributed by atoms with E-state index in [1.54, 1.807) is 0 Å². The molecule has 0 bridgehead atoms. The number of carbonyl (C=O) groups excluding carboxylic acids is 1. The fourth-order valence-corrected chi connectivity index (χ4v) is 3.07. The molecule has 0 aromatic carbocycles. The number of fused-ring (bicyclic) bond motifs is 1. The van der Waals surface area contributed by atoms with Crippen molar-refractivity contribution in [2.45, 2.75) is 32.5 Å². The minimum Gasteiger partial charge on any atom is -0.356 e. The van der Waals surface area contributed by atoms with Crippen molar-refractivity contribution < 1.29 is 18.0 Å². The molecule has 1 amide bonds. The van der Waals surface area contributed by atoms with Gasteiger partial charge in [0.1, 0.15) is 6.54 Å². The van der Waals surface area contributed by atoms with Gasteiger partial charge in [0.05, 0.1) is 12.2 Å². The van der Waals surface area contributed by atoms with Crippen LogP contribution in [0.25, 0.3) is 11.2 Å². The molecular formula is C15H19F3N6O2. The van der Waals surface area contributed by atoms with Gasteiger partial charge in [-0.25, -0.2) is 4.98 Å². The smallest absolute Gasteiger partial charge is 0.356 e. The zero-order chi connectivity index (χ0) is 18.9. The number of anilines is 1. The molecule has 0 aliphatic carbocycles. The van der Waals surface area contributed by atoms with E-state index in [9.17, 15) is 22.8 Å². The molecule has 2 aromatic rings. The molecule has 1 aliphatic heterocycles. The van der Waals surface area contributed by atoms with Crippen molar-refractivity contribution in [3.05, 3.63) is 16.7 Å². The molecule has 11 heteroatoms. The minimum absolute atomic E-state index is 0.0259. The number of aromatic nitrogens is 4. The Labute approximate surface area is 146 Å². The number of rotatable bonds is 4. The molecular weight excluding hydrogens is 353 g/mol. The summed E-state index contributed by atoms with van der Waals surface area (Å²) in [6, 6.07) is 0. The molecule has 2 N–H and O–H groups in total. The van der Waals surface area contributed by atoms with E-state index < -0.39 is 23.6 Å². The number of piperidine rings is 1. The van der Waals surface area contributed by atoms with Crippen LogP contribution >= 0.6 is 0 Å². The molecule has 2 aromatic heterocycles. The van der Waals surface area contributed by atoms with E-state index in [-0.39, 0.29) is 43.2 Å². The molecule has 3 heterocycles. The van der Waals surface area contributed by atoms with Crippen molar-refractivity contribution >= 4 is 23.0 Å². The Kier molecular flexibility index (Phi) is 4.88. The lowest BCUT2D eigenvalue weighted by Crippen LogP contribution is -2.45. The summed E-state index contributed by atoms with van der Waals surface area (Å²) in [4.78, 5) is 36.6. The van der Waals surface area contributed by atoms with Gasteiger partial charge in [-0.15, -0.1) is 0 Å². The molecule has 8 nitrogen and oxygen atoms in total. The largest absolute Gasteiger partial charge is 0.393 e. The van der Waals surface area contributed by atoms with Crippen LogP contribution < -0.4 is 10.9 Å². The fourth-order valence-electron chi connectivity index (χ4n) is 3.07. The summed E-state index contributed by atoms with van der Waals surface area (Å²) in [5, 5.41) is 2.86. The number of nitrogens with zero attached hydrogens (tertiary/aromatic N) is 4. The third-order valence-corrected chi connectivity index (χ3v) is 4.37. The van der Waals surface area contributed by atoms with Crippen molar-refractivity contribution in [2.24, 2.45) is 5.92 Å². The average Bonchev–Trinajstić information content (AvgIpc) is 2.98. The number of nitrogens with one attached hydrogen (secondary N) is 2. The van der Waals surface area contributed by atoms with Crippen molar-refractivity contribution in [1.82, 2.24) is 24.4 Å². The molecule has 142 valence electrons. The third-order valence-electron chi connectivity index (χ3n) is 4.37. The predicted octanol–water partition coefficient (Wildman–Crippen LogP) is 1.35. The monoisotopic (exact) mass is 372 g/mol. The number of aromatic amines is 1. The van der Waals surface area contributed by atoms with Crippen LogP contribution in [0.4, 0.5) is 19.1 Å². The number of likely N-dealkylation sites (tertiary alicyclic amines) is 1. The van der Waals surface area contributed by atoms with E-state index >= 15 is 0 Å². The van der Waals surface area contributed by atoms with Crippen LogP contribution in [0.15, 0.2) is 11.1 Å². The van der Waals surface area contributed by atoms with Crippen molar-refractivity contribution in [3.63, 3.8) is 0 Å². The zero-order valence-electron chi connectivity index (χ0n) is 14.1. The maximum absolute atomic E-state index is 12.9. The Morgan fingerprint density at radius 1 is 1.46 bits per heavy atom. The Hall–Kier alpha value is -2.59. The predicted molar refractivity (Wildman–Crippen MR) is 87.7 cm³/mol. The van der Waals surface area contributed by atoms with E-state index in [1.807, 2.05) is 6.92 Å². The van der Waals surface area contributed by atoms with Gasteiger partial charge in [-0.3, -0.25) is 14.6 Å². The topological polar surface area (TPSA) is 95.9 Å². The number of amides is 1. The minimum atomic E-state index is -4.32. The fraction of sp³-hybridized carbons (Fsp3) is 0.600. The molecule has 0 radical (unpaired) electrons. The molecule has 26 heavy (non-hydrogen) atoms. The standard InChI is InChI=1S/C15H19F3N6O2/c1-2-19-14-21-12-11(13(26)22-14)24(8-20-12)7-10(25)23-5-3-4-9(6-23)15(16,17)18/h8-9H,2-7H2,1H3,(H2,19,21,22,26). The second-order valence-corrected chi connectivity index (χ2v) is 6.21. The molecule has 1 saturated heterocycles. The van der Waals surface area contributed by atoms with Crippen LogP contribution in [-0.2, 0) is 11.3 Å². The maximum atomic E-state index is 12.9. The highest BCUT2D eigenvalue weighted by atomic mass is 19.4. The van der Waals surface area contributed by atoms with Gasteiger partial charge in [0.25, 0.3) is 5.56 Å². The number of imidazole rings is 1. The van der Waals surface area contributed by atoms with Crippen molar-refractivity contribution in [2.75, 3.05) is 25.0 Å². The first kappa shape index (κ1) is 18.2. The highest BCUT2D eigenvalue weighted by molar-refractivity contribution is 5.79. The van der Waals surface area contributed by atoms with Crippen LogP contribution in [0.2, 0.25) is 0 Å². The zero-order valence-corrected chi connectivity index (χ0v) is 14.1. The van der Waals surface area contributed by atoms with E-state index in [0.29, 0.717) is 13.0 Å². The van der Waals surface area contributed by atoms with Gasteiger partial charge < -0.3 is 14.8 Å². The first-order valence-electron chi connectivity index (χ1n) is 8.33. The first-order valence-corrected chi connectivity index (χ1v) is 8.33. The second kappa shape index (κ2) is 6.96. The highest BCUT2D eigenvalue weighted by Crippen LogP contribution is 2.33. The van der Waals surface area contributed by atoms with Gasteiger partial charge in [0.2, 0.25) is 11.9 Å². The molecule has 0 spiro atoms. The molecule has 1 unspecified atom stereocenters. The number of hydrogen-bond acceptors (Lipinski definition) is 5. The lowest BCUT2D eigenvalue weighted by Gasteiger charge is -2.33. The van der Waals surface area contributed by atoms with Gasteiger partial charge in [0, 0.05) is 19.6 Å². The van der Waals surface area contributed by atoms with E-state index in [1.165, 1.54) is 15.8 Å². The molecule has 3 rings (SSSR count). The molecule has 1 fully saturated rings. The summed E-state index contributed by atoms with van der Waals surface area (Å²) in [6.45, 7) is 2.06. The van der Waals surface area contributed by atoms with Gasteiger partial charge in [0.15, 0.2) is 11.2 Å². The quantitative estimate of drug-likeness (QED) is 0.845. The van der Waals surface area contributed by atoms with Crippen LogP contribution in [0.5, 0.6) is 0 Å². The summed E-state index contributed by atoms with van der Waals surface area (Å²) in [5.41, 5.74) is -0.184. The summed E-state index contributed by atoms with van der Waals surface area (Å²) in [7, 11) is 0. The SMILES string of the molecule is CCNc1nc2ncn(CC(=O)N3CCCC(C(F)(F)F)C3)c2c(=O)[nH]1. The first-order chi connectivity index (χ1) is 12.3. The van der Waals surface area contributed by atoms with E-state index in [4.69, 9.17) is 0 Å². The van der Waals surface area contributed by atoms with Crippen molar-refractivity contribution in [1.29, 1.82) is 0 Å². The molecule has 1 atom stereocenters. The summed E-state index contributed by atoms with van der Waals surface area (Å²) in [6.07, 6.45) is -2.69. The lowest BCUT2D eigenvalue weighted by molar-refractivity contribution is -0.188. The second-order valence-electron chi connectivity index (χ2n) is 6.21. The average molecular weight is 372 g/mol. The van der Waals surface area contributed by atoms with Gasteiger partial charge in [-0.1, -0.05) is 0 Å². The van der Waals surface area contributed by atoms with Crippen LogP contribution in [-0.4, -0.2) is 56.1 Å². The number of H-pyrrole nitrogens is 1. The number of alkyl halides is 3. The summed E-state index contributed by atoms with van der Waals surface area (Å²) < 4.78 is 40.0. The number of halogens is 3. The van der Waals surface area contributed by atoms with Gasteiger partial charge in [-0.05, 0) is 19.8 Å². The van der Waals surface area contributed by atoms with Crippen molar-refractivity contribution in [3.8, 4) is 0 Å². The van der Waals surface area contributed by atoms with Gasteiger partial charge in [-0.2, -0.15) is 18.2 Å². The maximum Gasteiger partial charge on any atom is 0.393 e. The number of hydrogen-bond donors (Lipinski definition) is 2. The Morgan fingerprint density at radius 3 is 2.92 bits per heavy atom. The van der Waals surface area contributed by atoms with E-state index in [2.05, 4.69) is 20.3 Å².